The fourth-order valence-electron chi connectivity index (χ4n) is 3.12. The van der Waals surface area contributed by atoms with E-state index in [0.29, 0.717) is 18.2 Å². The van der Waals surface area contributed by atoms with Crippen LogP contribution in [-0.4, -0.2) is 50.1 Å². The van der Waals surface area contributed by atoms with Crippen LogP contribution in [0.5, 0.6) is 0 Å². The number of halogens is 1. The molecule has 1 atom stereocenters. The maximum absolute atomic E-state index is 13.0. The highest BCUT2D eigenvalue weighted by molar-refractivity contribution is 7.99. The van der Waals surface area contributed by atoms with Crippen molar-refractivity contribution in [2.45, 2.75) is 30.6 Å². The molecule has 1 N–H and O–H groups in total. The second-order valence-corrected chi connectivity index (χ2v) is 7.70. The van der Waals surface area contributed by atoms with Crippen molar-refractivity contribution in [3.05, 3.63) is 58.4 Å². The molecule has 10 heteroatoms. The Hall–Kier alpha value is -2.72. The van der Waals surface area contributed by atoms with Crippen LogP contribution in [-0.2, 0) is 16.1 Å². The van der Waals surface area contributed by atoms with Crippen LogP contribution < -0.4 is 10.9 Å². The fourth-order valence-corrected chi connectivity index (χ4v) is 3.87. The van der Waals surface area contributed by atoms with Gasteiger partial charge in [0.1, 0.15) is 5.82 Å². The molecular formula is C19H20FN5O3S. The molecule has 1 saturated heterocycles. The molecule has 0 radical (unpaired) electrons. The van der Waals surface area contributed by atoms with Crippen LogP contribution in [0.2, 0.25) is 0 Å². The zero-order valence-electron chi connectivity index (χ0n) is 15.6. The number of fused-ring (bicyclic) bond motifs is 1. The average molecular weight is 417 g/mol. The van der Waals surface area contributed by atoms with Gasteiger partial charge >= 0.3 is 0 Å². The van der Waals surface area contributed by atoms with E-state index in [1.807, 2.05) is 0 Å². The number of benzene rings is 1. The van der Waals surface area contributed by atoms with E-state index in [2.05, 4.69) is 15.5 Å². The van der Waals surface area contributed by atoms with Crippen molar-refractivity contribution >= 4 is 23.3 Å². The molecule has 1 aromatic carbocycles. The molecule has 152 valence electrons. The number of ether oxygens (including phenoxy) is 1. The Balaban J connectivity index is 1.40. The maximum Gasteiger partial charge on any atom is 0.296 e. The second-order valence-electron chi connectivity index (χ2n) is 6.76. The number of thioether (sulfide) groups is 1. The third kappa shape index (κ3) is 4.65. The van der Waals surface area contributed by atoms with Gasteiger partial charge in [-0.3, -0.25) is 14.0 Å². The molecule has 29 heavy (non-hydrogen) atoms. The van der Waals surface area contributed by atoms with Gasteiger partial charge < -0.3 is 14.6 Å². The minimum absolute atomic E-state index is 0.0949. The Labute approximate surface area is 170 Å². The highest BCUT2D eigenvalue weighted by Crippen LogP contribution is 2.16. The van der Waals surface area contributed by atoms with Crippen LogP contribution in [0, 0.1) is 5.82 Å². The first-order valence-corrected chi connectivity index (χ1v) is 10.3. The molecule has 3 heterocycles. The van der Waals surface area contributed by atoms with Gasteiger partial charge in [-0.05, 0) is 30.5 Å². The summed E-state index contributed by atoms with van der Waals surface area (Å²) in [5.41, 5.74) is 0.672. The minimum atomic E-state index is -0.324. The molecule has 1 aliphatic rings. The smallest absolute Gasteiger partial charge is 0.296 e. The van der Waals surface area contributed by atoms with E-state index >= 15 is 0 Å². The molecule has 1 aliphatic heterocycles. The first kappa shape index (κ1) is 19.6. The molecule has 0 bridgehead atoms. The minimum Gasteiger partial charge on any atom is -0.376 e. The van der Waals surface area contributed by atoms with Crippen LogP contribution in [0.4, 0.5) is 4.39 Å². The molecule has 1 fully saturated rings. The third-order valence-electron chi connectivity index (χ3n) is 4.66. The van der Waals surface area contributed by atoms with E-state index in [4.69, 9.17) is 4.74 Å². The molecule has 0 aliphatic carbocycles. The highest BCUT2D eigenvalue weighted by Gasteiger charge is 2.17. The topological polar surface area (TPSA) is 90.5 Å². The normalized spacial score (nSPS) is 16.4. The van der Waals surface area contributed by atoms with E-state index in [1.54, 1.807) is 28.9 Å². The van der Waals surface area contributed by atoms with Crippen molar-refractivity contribution in [1.29, 1.82) is 0 Å². The van der Waals surface area contributed by atoms with Gasteiger partial charge in [-0.25, -0.2) is 4.39 Å². The summed E-state index contributed by atoms with van der Waals surface area (Å²) in [4.78, 5) is 24.7. The molecule has 3 aromatic rings. The van der Waals surface area contributed by atoms with Crippen molar-refractivity contribution in [2.75, 3.05) is 18.9 Å². The predicted octanol–water partition coefficient (Wildman–Crippen LogP) is 1.47. The first-order chi connectivity index (χ1) is 14.1. The molecule has 0 saturated carbocycles. The molecular weight excluding hydrogens is 397 g/mol. The lowest BCUT2D eigenvalue weighted by Gasteiger charge is -2.10. The standard InChI is InChI=1S/C19H20FN5O3S/c20-14-5-3-13(4-6-14)11-24-7-8-25-17(18(24)27)22-23-19(25)29-12-16(26)21-10-15-2-1-9-28-15/h3-8,15H,1-2,9-12H2,(H,21,26). The van der Waals surface area contributed by atoms with Crippen molar-refractivity contribution in [1.82, 2.24) is 24.5 Å². The average Bonchev–Trinajstić information content (AvgIpc) is 3.38. The molecule has 8 nitrogen and oxygen atoms in total. The van der Waals surface area contributed by atoms with E-state index in [9.17, 15) is 14.0 Å². The largest absolute Gasteiger partial charge is 0.376 e. The Morgan fingerprint density at radius 2 is 2.10 bits per heavy atom. The Morgan fingerprint density at radius 3 is 2.86 bits per heavy atom. The quantitative estimate of drug-likeness (QED) is 0.586. The number of amides is 1. The number of nitrogens with one attached hydrogen (secondary N) is 1. The number of aromatic nitrogens is 4. The summed E-state index contributed by atoms with van der Waals surface area (Å²) in [6, 6.07) is 5.97. The van der Waals surface area contributed by atoms with Crippen molar-refractivity contribution in [3.8, 4) is 0 Å². The van der Waals surface area contributed by atoms with Gasteiger partial charge in [0.2, 0.25) is 11.6 Å². The number of hydrogen-bond donors (Lipinski definition) is 1. The van der Waals surface area contributed by atoms with Crippen LogP contribution >= 0.6 is 11.8 Å². The highest BCUT2D eigenvalue weighted by atomic mass is 32.2. The number of carbonyl (C=O) groups is 1. The molecule has 2 aromatic heterocycles. The molecule has 1 amide bonds. The second kappa shape index (κ2) is 8.75. The summed E-state index contributed by atoms with van der Waals surface area (Å²) >= 11 is 1.21. The number of rotatable bonds is 7. The van der Waals surface area contributed by atoms with Crippen LogP contribution in [0.25, 0.3) is 5.65 Å². The van der Waals surface area contributed by atoms with E-state index in [-0.39, 0.29) is 34.8 Å². The first-order valence-electron chi connectivity index (χ1n) is 9.30. The lowest BCUT2D eigenvalue weighted by Crippen LogP contribution is -2.32. The molecule has 1 unspecified atom stereocenters. The predicted molar refractivity (Wildman–Crippen MR) is 105 cm³/mol. The Morgan fingerprint density at radius 1 is 1.28 bits per heavy atom. The maximum atomic E-state index is 13.0. The zero-order valence-corrected chi connectivity index (χ0v) is 16.4. The van der Waals surface area contributed by atoms with Crippen molar-refractivity contribution < 1.29 is 13.9 Å². The van der Waals surface area contributed by atoms with Gasteiger partial charge in [-0.1, -0.05) is 23.9 Å². The number of nitrogens with zero attached hydrogens (tertiary/aromatic N) is 4. The summed E-state index contributed by atoms with van der Waals surface area (Å²) in [6.07, 6.45) is 5.40. The lowest BCUT2D eigenvalue weighted by atomic mass is 10.2. The molecule has 0 spiro atoms. The Bertz CT molecular complexity index is 1060. The van der Waals surface area contributed by atoms with Gasteiger partial charge in [-0.15, -0.1) is 10.2 Å². The molecule has 4 rings (SSSR count). The summed E-state index contributed by atoms with van der Waals surface area (Å²) in [5.74, 6) is -0.269. The van der Waals surface area contributed by atoms with Gasteiger partial charge in [0, 0.05) is 25.5 Å². The SMILES string of the molecule is O=C(CSc1nnc2c(=O)n(Cc3ccc(F)cc3)ccn12)NCC1CCCO1. The van der Waals surface area contributed by atoms with Crippen LogP contribution in [0.1, 0.15) is 18.4 Å². The van der Waals surface area contributed by atoms with Gasteiger partial charge in [0.05, 0.1) is 18.4 Å². The van der Waals surface area contributed by atoms with Crippen molar-refractivity contribution in [2.24, 2.45) is 0 Å². The summed E-state index contributed by atoms with van der Waals surface area (Å²) in [6.45, 7) is 1.56. The lowest BCUT2D eigenvalue weighted by molar-refractivity contribution is -0.119. The van der Waals surface area contributed by atoms with Crippen LogP contribution in [0.3, 0.4) is 0 Å². The summed E-state index contributed by atoms with van der Waals surface area (Å²) < 4.78 is 21.6. The van der Waals surface area contributed by atoms with E-state index < -0.39 is 0 Å². The van der Waals surface area contributed by atoms with E-state index in [0.717, 1.165) is 25.0 Å². The van der Waals surface area contributed by atoms with Gasteiger partial charge in [0.25, 0.3) is 5.56 Å². The van der Waals surface area contributed by atoms with Gasteiger partial charge in [0.15, 0.2) is 5.16 Å². The summed E-state index contributed by atoms with van der Waals surface area (Å²) in [7, 11) is 0. The summed E-state index contributed by atoms with van der Waals surface area (Å²) in [5, 5.41) is 11.3. The fraction of sp³-hybridized carbons (Fsp3) is 0.368. The third-order valence-corrected chi connectivity index (χ3v) is 5.60. The zero-order chi connectivity index (χ0) is 20.2. The monoisotopic (exact) mass is 417 g/mol. The van der Waals surface area contributed by atoms with E-state index in [1.165, 1.54) is 28.5 Å². The van der Waals surface area contributed by atoms with Gasteiger partial charge in [-0.2, -0.15) is 0 Å². The number of carbonyl (C=O) groups excluding carboxylic acids is 1. The Kier molecular flexibility index (Phi) is 5.91. The number of hydrogen-bond acceptors (Lipinski definition) is 6. The van der Waals surface area contributed by atoms with Crippen molar-refractivity contribution in [3.63, 3.8) is 0 Å². The van der Waals surface area contributed by atoms with Crippen LogP contribution in [0.15, 0.2) is 46.6 Å².